The molecule has 1 heterocycles. The minimum Gasteiger partial charge on any atom is -0.497 e. The van der Waals surface area contributed by atoms with Crippen LogP contribution in [0.15, 0.2) is 29.1 Å². The number of aromatic nitrogens is 2. The summed E-state index contributed by atoms with van der Waals surface area (Å²) in [4.78, 5) is 7.17. The maximum absolute atomic E-state index is 5.31. The molecule has 0 aliphatic carbocycles. The van der Waals surface area contributed by atoms with Crippen molar-refractivity contribution in [2.75, 3.05) is 14.2 Å². The second-order valence-electron chi connectivity index (χ2n) is 3.15. The number of rotatable bonds is 3. The van der Waals surface area contributed by atoms with Gasteiger partial charge in [0.15, 0.2) is 4.73 Å². The Morgan fingerprint density at radius 1 is 1.25 bits per heavy atom. The number of nitrogens with zero attached hydrogens (tertiary/aromatic N) is 1. The fourth-order valence-corrected chi connectivity index (χ4v) is 1.77. The van der Waals surface area contributed by atoms with Crippen molar-refractivity contribution < 1.29 is 9.47 Å². The van der Waals surface area contributed by atoms with Crippen molar-refractivity contribution in [3.63, 3.8) is 0 Å². The number of nitrogens with one attached hydrogen (secondary N) is 1. The van der Waals surface area contributed by atoms with E-state index in [2.05, 4.69) is 25.9 Å². The number of benzene rings is 1. The summed E-state index contributed by atoms with van der Waals surface area (Å²) in [6.07, 6.45) is 1.74. The molecule has 0 saturated heterocycles. The van der Waals surface area contributed by atoms with Gasteiger partial charge in [-0.1, -0.05) is 0 Å². The van der Waals surface area contributed by atoms with Gasteiger partial charge >= 0.3 is 0 Å². The van der Waals surface area contributed by atoms with Crippen molar-refractivity contribution in [3.8, 4) is 22.8 Å². The first-order chi connectivity index (χ1) is 7.74. The van der Waals surface area contributed by atoms with Gasteiger partial charge in [0.25, 0.3) is 0 Å². The molecule has 0 saturated carbocycles. The van der Waals surface area contributed by atoms with Crippen LogP contribution in [0.1, 0.15) is 0 Å². The quantitative estimate of drug-likeness (QED) is 0.942. The van der Waals surface area contributed by atoms with E-state index in [4.69, 9.17) is 9.47 Å². The Morgan fingerprint density at radius 2 is 2.06 bits per heavy atom. The molecule has 0 amide bonds. The smallest absolute Gasteiger partial charge is 0.174 e. The van der Waals surface area contributed by atoms with Gasteiger partial charge in [-0.05, 0) is 28.1 Å². The number of methoxy groups -OCH3 is 2. The van der Waals surface area contributed by atoms with Gasteiger partial charge in [-0.2, -0.15) is 0 Å². The number of imidazole rings is 1. The molecule has 4 nitrogen and oxygen atoms in total. The lowest BCUT2D eigenvalue weighted by Gasteiger charge is -2.08. The summed E-state index contributed by atoms with van der Waals surface area (Å²) in [6, 6.07) is 5.65. The van der Waals surface area contributed by atoms with Crippen molar-refractivity contribution >= 4 is 15.9 Å². The first-order valence-corrected chi connectivity index (χ1v) is 5.47. The molecule has 0 radical (unpaired) electrons. The molecule has 2 aromatic rings. The van der Waals surface area contributed by atoms with E-state index in [9.17, 15) is 0 Å². The Balaban J connectivity index is 2.48. The van der Waals surface area contributed by atoms with Crippen LogP contribution in [-0.2, 0) is 0 Å². The van der Waals surface area contributed by atoms with Crippen LogP contribution in [0.2, 0.25) is 0 Å². The van der Waals surface area contributed by atoms with Crippen LogP contribution in [0.25, 0.3) is 11.3 Å². The fourth-order valence-electron chi connectivity index (χ4n) is 1.45. The number of halogens is 1. The number of ether oxygens (including phenoxy) is 2. The molecular formula is C11H11BrN2O2. The van der Waals surface area contributed by atoms with Crippen molar-refractivity contribution in [1.29, 1.82) is 0 Å². The standard InChI is InChI=1S/C11H11BrN2O2/c1-15-7-3-4-8(10(5-7)16-2)9-6-13-11(12)14-9/h3-6H,1-2H3,(H,13,14). The number of hydrogen-bond acceptors (Lipinski definition) is 3. The molecule has 0 bridgehead atoms. The summed E-state index contributed by atoms with van der Waals surface area (Å²) in [6.45, 7) is 0. The molecule has 1 aromatic carbocycles. The van der Waals surface area contributed by atoms with E-state index in [-0.39, 0.29) is 0 Å². The van der Waals surface area contributed by atoms with Gasteiger partial charge in [-0.15, -0.1) is 0 Å². The van der Waals surface area contributed by atoms with Crippen molar-refractivity contribution in [3.05, 3.63) is 29.1 Å². The Bertz CT molecular complexity index is 496. The maximum atomic E-state index is 5.31. The summed E-state index contributed by atoms with van der Waals surface area (Å²) in [5, 5.41) is 0. The maximum Gasteiger partial charge on any atom is 0.174 e. The summed E-state index contributed by atoms with van der Waals surface area (Å²) in [7, 11) is 3.25. The molecule has 16 heavy (non-hydrogen) atoms. The minimum absolute atomic E-state index is 0.695. The lowest BCUT2D eigenvalue weighted by Crippen LogP contribution is -1.90. The van der Waals surface area contributed by atoms with Gasteiger partial charge in [-0.3, -0.25) is 0 Å². The van der Waals surface area contributed by atoms with Gasteiger partial charge in [0.1, 0.15) is 11.5 Å². The van der Waals surface area contributed by atoms with Gasteiger partial charge in [0.2, 0.25) is 0 Å². The van der Waals surface area contributed by atoms with Crippen LogP contribution in [-0.4, -0.2) is 24.2 Å². The summed E-state index contributed by atoms with van der Waals surface area (Å²) >= 11 is 3.27. The molecule has 1 aromatic heterocycles. The lowest BCUT2D eigenvalue weighted by atomic mass is 10.1. The average molecular weight is 283 g/mol. The molecule has 0 aliphatic rings. The van der Waals surface area contributed by atoms with Crippen LogP contribution >= 0.6 is 15.9 Å². The van der Waals surface area contributed by atoms with Crippen LogP contribution in [0.3, 0.4) is 0 Å². The molecule has 1 N–H and O–H groups in total. The molecule has 0 fully saturated rings. The predicted octanol–water partition coefficient (Wildman–Crippen LogP) is 2.86. The zero-order chi connectivity index (χ0) is 11.5. The largest absolute Gasteiger partial charge is 0.497 e. The number of H-pyrrole nitrogens is 1. The van der Waals surface area contributed by atoms with E-state index in [1.165, 1.54) is 0 Å². The van der Waals surface area contributed by atoms with E-state index in [1.54, 1.807) is 20.4 Å². The highest BCUT2D eigenvalue weighted by Gasteiger charge is 2.09. The highest BCUT2D eigenvalue weighted by Crippen LogP contribution is 2.32. The number of aromatic amines is 1. The van der Waals surface area contributed by atoms with Gasteiger partial charge in [0, 0.05) is 11.6 Å². The SMILES string of the molecule is COc1ccc(-c2cnc(Br)[nH]2)c(OC)c1. The molecule has 5 heteroatoms. The average Bonchev–Trinajstić information content (AvgIpc) is 2.74. The molecule has 2 rings (SSSR count). The predicted molar refractivity (Wildman–Crippen MR) is 64.8 cm³/mol. The second-order valence-corrected chi connectivity index (χ2v) is 3.91. The third-order valence-corrected chi connectivity index (χ3v) is 2.65. The topological polar surface area (TPSA) is 47.1 Å². The van der Waals surface area contributed by atoms with E-state index >= 15 is 0 Å². The Kier molecular flexibility index (Phi) is 3.14. The Labute approximate surface area is 102 Å². The summed E-state index contributed by atoms with van der Waals surface area (Å²) in [5.74, 6) is 1.51. The molecule has 84 valence electrons. The normalized spacial score (nSPS) is 10.2. The van der Waals surface area contributed by atoms with Crippen LogP contribution in [0.5, 0.6) is 11.5 Å². The summed E-state index contributed by atoms with van der Waals surface area (Å²) in [5.41, 5.74) is 1.84. The van der Waals surface area contributed by atoms with E-state index in [0.29, 0.717) is 4.73 Å². The highest BCUT2D eigenvalue weighted by atomic mass is 79.9. The third kappa shape index (κ3) is 2.04. The minimum atomic E-state index is 0.695. The highest BCUT2D eigenvalue weighted by molar-refractivity contribution is 9.10. The first-order valence-electron chi connectivity index (χ1n) is 4.67. The van der Waals surface area contributed by atoms with Crippen molar-refractivity contribution in [2.45, 2.75) is 0 Å². The third-order valence-electron chi connectivity index (χ3n) is 2.24. The second kappa shape index (κ2) is 4.57. The number of hydrogen-bond donors (Lipinski definition) is 1. The Hall–Kier alpha value is -1.49. The van der Waals surface area contributed by atoms with E-state index < -0.39 is 0 Å². The zero-order valence-electron chi connectivity index (χ0n) is 8.95. The molecule has 0 atom stereocenters. The first kappa shape index (κ1) is 11.0. The van der Waals surface area contributed by atoms with E-state index in [1.807, 2.05) is 18.2 Å². The fraction of sp³-hybridized carbons (Fsp3) is 0.182. The lowest BCUT2D eigenvalue weighted by molar-refractivity contribution is 0.395. The van der Waals surface area contributed by atoms with Crippen LogP contribution in [0.4, 0.5) is 0 Å². The van der Waals surface area contributed by atoms with Crippen molar-refractivity contribution in [2.24, 2.45) is 0 Å². The van der Waals surface area contributed by atoms with Gasteiger partial charge < -0.3 is 14.5 Å². The Morgan fingerprint density at radius 3 is 2.62 bits per heavy atom. The molecule has 0 aliphatic heterocycles. The van der Waals surface area contributed by atoms with Crippen molar-refractivity contribution in [1.82, 2.24) is 9.97 Å². The molecular weight excluding hydrogens is 272 g/mol. The monoisotopic (exact) mass is 282 g/mol. The van der Waals surface area contributed by atoms with Crippen LogP contribution < -0.4 is 9.47 Å². The van der Waals surface area contributed by atoms with Gasteiger partial charge in [-0.25, -0.2) is 4.98 Å². The van der Waals surface area contributed by atoms with Gasteiger partial charge in [0.05, 0.1) is 26.1 Å². The molecule has 0 spiro atoms. The molecule has 0 unspecified atom stereocenters. The summed E-state index contributed by atoms with van der Waals surface area (Å²) < 4.78 is 11.1. The van der Waals surface area contributed by atoms with E-state index in [0.717, 1.165) is 22.8 Å². The van der Waals surface area contributed by atoms with Crippen LogP contribution in [0, 0.1) is 0 Å². The zero-order valence-corrected chi connectivity index (χ0v) is 10.5.